The van der Waals surface area contributed by atoms with Crippen LogP contribution in [0.5, 0.6) is 5.88 Å². The van der Waals surface area contributed by atoms with E-state index in [1.165, 1.54) is 11.1 Å². The van der Waals surface area contributed by atoms with Crippen LogP contribution in [0.15, 0.2) is 54.6 Å². The van der Waals surface area contributed by atoms with E-state index in [1.54, 1.807) is 13.2 Å². The highest BCUT2D eigenvalue weighted by Gasteiger charge is 2.33. The van der Waals surface area contributed by atoms with Gasteiger partial charge in [0, 0.05) is 37.1 Å². The number of carbonyl (C=O) groups excluding carboxylic acids is 1. The standard InChI is InChI=1S/C26H29N3O2/c1-28(26(30)23-16-25(31-2)27-24-12-6-5-11-22(23)24)20-10-7-13-29(17-20)21-14-18-8-3-4-9-19(18)15-21/h3-6,8-9,11-12,16,20-21H,7,10,13-15,17H2,1-2H3/t20-/m0/s1. The molecule has 160 valence electrons. The number of piperidine rings is 1. The number of hydrogen-bond acceptors (Lipinski definition) is 4. The zero-order chi connectivity index (χ0) is 21.4. The van der Waals surface area contributed by atoms with Crippen molar-refractivity contribution in [3.8, 4) is 5.88 Å². The third-order valence-corrected chi connectivity index (χ3v) is 6.97. The molecule has 2 heterocycles. The average molecular weight is 416 g/mol. The van der Waals surface area contributed by atoms with Gasteiger partial charge < -0.3 is 9.64 Å². The van der Waals surface area contributed by atoms with Gasteiger partial charge >= 0.3 is 0 Å². The SMILES string of the molecule is COc1cc(C(=O)N(C)[C@H]2CCCN(C3Cc4ccccc4C3)C2)c2ccccc2n1. The van der Waals surface area contributed by atoms with Gasteiger partial charge in [-0.2, -0.15) is 0 Å². The number of likely N-dealkylation sites (tertiary alicyclic amines) is 1. The molecule has 0 saturated carbocycles. The molecule has 5 nitrogen and oxygen atoms in total. The summed E-state index contributed by atoms with van der Waals surface area (Å²) in [5.74, 6) is 0.517. The van der Waals surface area contributed by atoms with Gasteiger partial charge in [-0.1, -0.05) is 42.5 Å². The maximum absolute atomic E-state index is 13.6. The van der Waals surface area contributed by atoms with Crippen molar-refractivity contribution in [2.45, 2.75) is 37.8 Å². The number of pyridine rings is 1. The Kier molecular flexibility index (Phi) is 5.36. The molecule has 2 aromatic carbocycles. The first-order valence-electron chi connectivity index (χ1n) is 11.2. The van der Waals surface area contributed by atoms with E-state index in [-0.39, 0.29) is 11.9 Å². The second-order valence-corrected chi connectivity index (χ2v) is 8.77. The predicted octanol–water partition coefficient (Wildman–Crippen LogP) is 3.95. The molecule has 1 atom stereocenters. The summed E-state index contributed by atoms with van der Waals surface area (Å²) in [5, 5.41) is 0.874. The van der Waals surface area contributed by atoms with Crippen molar-refractivity contribution in [3.63, 3.8) is 0 Å². The van der Waals surface area contributed by atoms with Gasteiger partial charge in [-0.25, -0.2) is 4.98 Å². The van der Waals surface area contributed by atoms with Crippen LogP contribution in [0.1, 0.15) is 34.3 Å². The van der Waals surface area contributed by atoms with Crippen molar-refractivity contribution < 1.29 is 9.53 Å². The molecule has 0 N–H and O–H groups in total. The van der Waals surface area contributed by atoms with E-state index in [0.29, 0.717) is 17.5 Å². The molecule has 1 fully saturated rings. The van der Waals surface area contributed by atoms with Crippen LogP contribution >= 0.6 is 0 Å². The van der Waals surface area contributed by atoms with Crippen LogP contribution in [-0.4, -0.2) is 60.0 Å². The van der Waals surface area contributed by atoms with Gasteiger partial charge in [-0.3, -0.25) is 9.69 Å². The average Bonchev–Trinajstić information content (AvgIpc) is 3.27. The highest BCUT2D eigenvalue weighted by Crippen LogP contribution is 2.29. The van der Waals surface area contributed by atoms with Crippen molar-refractivity contribution in [2.75, 3.05) is 27.2 Å². The summed E-state index contributed by atoms with van der Waals surface area (Å²) in [6.07, 6.45) is 4.40. The minimum Gasteiger partial charge on any atom is -0.481 e. The highest BCUT2D eigenvalue weighted by molar-refractivity contribution is 6.06. The van der Waals surface area contributed by atoms with Gasteiger partial charge in [-0.15, -0.1) is 0 Å². The number of hydrogen-bond donors (Lipinski definition) is 0. The normalized spacial score (nSPS) is 19.4. The summed E-state index contributed by atoms with van der Waals surface area (Å²) in [7, 11) is 3.54. The zero-order valence-electron chi connectivity index (χ0n) is 18.3. The molecule has 5 rings (SSSR count). The molecule has 31 heavy (non-hydrogen) atoms. The molecule has 0 bridgehead atoms. The van der Waals surface area contributed by atoms with E-state index in [2.05, 4.69) is 34.1 Å². The summed E-state index contributed by atoms with van der Waals surface area (Å²) in [4.78, 5) is 22.6. The van der Waals surface area contributed by atoms with Crippen LogP contribution in [0.3, 0.4) is 0 Å². The number of rotatable bonds is 4. The molecule has 1 amide bonds. The fourth-order valence-corrected chi connectivity index (χ4v) is 5.21. The van der Waals surface area contributed by atoms with Crippen molar-refractivity contribution in [1.82, 2.24) is 14.8 Å². The predicted molar refractivity (Wildman–Crippen MR) is 123 cm³/mol. The largest absolute Gasteiger partial charge is 0.481 e. The van der Waals surface area contributed by atoms with E-state index in [1.807, 2.05) is 36.2 Å². The van der Waals surface area contributed by atoms with Gasteiger partial charge in [0.2, 0.25) is 5.88 Å². The van der Waals surface area contributed by atoms with Gasteiger partial charge in [0.25, 0.3) is 5.91 Å². The number of aromatic nitrogens is 1. The fraction of sp³-hybridized carbons (Fsp3) is 0.385. The Bertz CT molecular complexity index is 1090. The summed E-state index contributed by atoms with van der Waals surface area (Å²) in [6.45, 7) is 2.05. The molecule has 0 unspecified atom stereocenters. The summed E-state index contributed by atoms with van der Waals surface area (Å²) in [5.41, 5.74) is 4.41. The highest BCUT2D eigenvalue weighted by atomic mass is 16.5. The van der Waals surface area contributed by atoms with Gasteiger partial charge in [0.15, 0.2) is 0 Å². The minimum atomic E-state index is 0.0402. The lowest BCUT2D eigenvalue weighted by molar-refractivity contribution is 0.0556. The first kappa shape index (κ1) is 20.0. The Balaban J connectivity index is 1.35. The quantitative estimate of drug-likeness (QED) is 0.647. The number of fused-ring (bicyclic) bond motifs is 2. The van der Waals surface area contributed by atoms with Crippen LogP contribution in [0.25, 0.3) is 10.9 Å². The Morgan fingerprint density at radius 2 is 1.81 bits per heavy atom. The maximum atomic E-state index is 13.6. The van der Waals surface area contributed by atoms with Crippen LogP contribution < -0.4 is 4.74 Å². The lowest BCUT2D eigenvalue weighted by Gasteiger charge is -2.40. The van der Waals surface area contributed by atoms with E-state index < -0.39 is 0 Å². The van der Waals surface area contributed by atoms with Gasteiger partial charge in [0.1, 0.15) is 0 Å². The van der Waals surface area contributed by atoms with Gasteiger partial charge in [0.05, 0.1) is 18.2 Å². The molecule has 1 aromatic heterocycles. The maximum Gasteiger partial charge on any atom is 0.254 e. The number of amides is 1. The molecule has 1 aliphatic heterocycles. The van der Waals surface area contributed by atoms with Crippen molar-refractivity contribution >= 4 is 16.8 Å². The fourth-order valence-electron chi connectivity index (χ4n) is 5.21. The van der Waals surface area contributed by atoms with Crippen molar-refractivity contribution in [1.29, 1.82) is 0 Å². The van der Waals surface area contributed by atoms with Crippen molar-refractivity contribution in [3.05, 3.63) is 71.3 Å². The second-order valence-electron chi connectivity index (χ2n) is 8.77. The molecule has 1 saturated heterocycles. The van der Waals surface area contributed by atoms with Crippen molar-refractivity contribution in [2.24, 2.45) is 0 Å². The number of likely N-dealkylation sites (N-methyl/N-ethyl adjacent to an activating group) is 1. The third kappa shape index (κ3) is 3.79. The molecular weight excluding hydrogens is 386 g/mol. The molecule has 2 aliphatic rings. The first-order valence-corrected chi connectivity index (χ1v) is 11.2. The number of para-hydroxylation sites is 1. The number of ether oxygens (including phenoxy) is 1. The van der Waals surface area contributed by atoms with Crippen LogP contribution in [-0.2, 0) is 12.8 Å². The lowest BCUT2D eigenvalue weighted by Crippen LogP contribution is -2.51. The molecule has 1 aliphatic carbocycles. The Labute approximate surface area is 183 Å². The molecule has 3 aromatic rings. The molecule has 0 radical (unpaired) electrons. The lowest BCUT2D eigenvalue weighted by atomic mass is 10.00. The third-order valence-electron chi connectivity index (χ3n) is 6.97. The Morgan fingerprint density at radius 1 is 1.10 bits per heavy atom. The smallest absolute Gasteiger partial charge is 0.254 e. The Morgan fingerprint density at radius 3 is 2.55 bits per heavy atom. The van der Waals surface area contributed by atoms with Crippen LogP contribution in [0.2, 0.25) is 0 Å². The van der Waals surface area contributed by atoms with Crippen LogP contribution in [0, 0.1) is 0 Å². The summed E-state index contributed by atoms with van der Waals surface area (Å²) < 4.78 is 5.36. The first-order chi connectivity index (χ1) is 15.1. The summed E-state index contributed by atoms with van der Waals surface area (Å²) >= 11 is 0. The summed E-state index contributed by atoms with van der Waals surface area (Å²) in [6, 6.07) is 19.1. The minimum absolute atomic E-state index is 0.0402. The van der Waals surface area contributed by atoms with E-state index in [9.17, 15) is 4.79 Å². The zero-order valence-corrected chi connectivity index (χ0v) is 18.3. The topological polar surface area (TPSA) is 45.7 Å². The van der Waals surface area contributed by atoms with E-state index in [0.717, 1.165) is 49.7 Å². The van der Waals surface area contributed by atoms with Gasteiger partial charge in [-0.05, 0) is 49.4 Å². The Hall–Kier alpha value is -2.92. The number of benzene rings is 2. The number of methoxy groups -OCH3 is 1. The van der Waals surface area contributed by atoms with E-state index in [4.69, 9.17) is 4.74 Å². The van der Waals surface area contributed by atoms with E-state index >= 15 is 0 Å². The van der Waals surface area contributed by atoms with Crippen LogP contribution in [0.4, 0.5) is 0 Å². The molecule has 0 spiro atoms. The number of nitrogens with zero attached hydrogens (tertiary/aromatic N) is 3. The number of carbonyl (C=O) groups is 1. The molecular formula is C26H29N3O2. The molecule has 5 heteroatoms. The second kappa shape index (κ2) is 8.31. The monoisotopic (exact) mass is 415 g/mol.